The van der Waals surface area contributed by atoms with E-state index < -0.39 is 0 Å². The Labute approximate surface area is 374 Å². The van der Waals surface area contributed by atoms with E-state index in [1.165, 1.54) is 50.1 Å². The van der Waals surface area contributed by atoms with E-state index in [-0.39, 0.29) is 5.41 Å². The number of para-hydroxylation sites is 2. The molecular formula is C61H44N2O. The first kappa shape index (κ1) is 37.6. The molecule has 12 rings (SSSR count). The van der Waals surface area contributed by atoms with Gasteiger partial charge in [-0.2, -0.15) is 0 Å². The van der Waals surface area contributed by atoms with Crippen LogP contribution in [0.25, 0.3) is 55.3 Å². The summed E-state index contributed by atoms with van der Waals surface area (Å²) in [6, 6.07) is 83.1. The zero-order valence-electron chi connectivity index (χ0n) is 35.7. The summed E-state index contributed by atoms with van der Waals surface area (Å²) in [7, 11) is 0. The lowest BCUT2D eigenvalue weighted by Crippen LogP contribution is -2.16. The van der Waals surface area contributed by atoms with Crippen LogP contribution in [0.2, 0.25) is 0 Å². The number of anilines is 6. The summed E-state index contributed by atoms with van der Waals surface area (Å²) >= 11 is 0. The van der Waals surface area contributed by atoms with Crippen LogP contribution in [0.4, 0.5) is 34.1 Å². The maximum absolute atomic E-state index is 7.09. The SMILES string of the molecule is CC1(C)c2ccccc2-c2ccc(N(c3ccc(-c4ccc(-c5ccccc5)cc4)cc3)c3cc4c5c(cccc5c3)-c3ccc(N(c5ccccc5)c5ccccc5)cc3O4)cc21. The van der Waals surface area contributed by atoms with Crippen LogP contribution < -0.4 is 14.5 Å². The Morgan fingerprint density at radius 2 is 0.781 bits per heavy atom. The highest BCUT2D eigenvalue weighted by Crippen LogP contribution is 2.53. The highest BCUT2D eigenvalue weighted by molar-refractivity contribution is 6.06. The van der Waals surface area contributed by atoms with Crippen molar-refractivity contribution in [2.75, 3.05) is 9.80 Å². The standard InChI is InChI=1S/C61H44N2O/c1-61(2)56-24-13-12-22-52(56)53-35-33-49(38-57(53)61)63(48-31-29-44(30-32-48)43-27-25-42(26-28-43)41-15-6-3-7-16-41)51-37-45-17-14-23-55-54-36-34-50(39-58(54)64-59(40-51)60(45)55)62(46-18-8-4-9-19-46)47-20-10-5-11-21-47/h3-40H,1-2H3. The van der Waals surface area contributed by atoms with Crippen LogP contribution in [0, 0.1) is 0 Å². The predicted molar refractivity (Wildman–Crippen MR) is 267 cm³/mol. The Morgan fingerprint density at radius 3 is 1.45 bits per heavy atom. The molecule has 0 amide bonds. The zero-order valence-corrected chi connectivity index (χ0v) is 35.7. The molecule has 0 bridgehead atoms. The molecule has 0 saturated carbocycles. The Morgan fingerprint density at radius 1 is 0.312 bits per heavy atom. The summed E-state index contributed by atoms with van der Waals surface area (Å²) in [4.78, 5) is 4.68. The summed E-state index contributed by atoms with van der Waals surface area (Å²) in [5.41, 5.74) is 18.6. The van der Waals surface area contributed by atoms with Crippen LogP contribution >= 0.6 is 0 Å². The van der Waals surface area contributed by atoms with Crippen molar-refractivity contribution in [1.29, 1.82) is 0 Å². The molecular weight excluding hydrogens is 777 g/mol. The minimum Gasteiger partial charge on any atom is -0.456 e. The molecule has 304 valence electrons. The highest BCUT2D eigenvalue weighted by atomic mass is 16.5. The second-order valence-corrected chi connectivity index (χ2v) is 17.4. The van der Waals surface area contributed by atoms with Gasteiger partial charge in [-0.15, -0.1) is 0 Å². The number of rotatable bonds is 8. The first-order valence-electron chi connectivity index (χ1n) is 22.1. The number of ether oxygens (including phenoxy) is 1. The summed E-state index contributed by atoms with van der Waals surface area (Å²) in [6.07, 6.45) is 0. The van der Waals surface area contributed by atoms with Gasteiger partial charge in [-0.1, -0.05) is 166 Å². The van der Waals surface area contributed by atoms with E-state index in [9.17, 15) is 0 Å². The first-order chi connectivity index (χ1) is 31.5. The lowest BCUT2D eigenvalue weighted by atomic mass is 9.82. The smallest absolute Gasteiger partial charge is 0.138 e. The number of hydrogen-bond acceptors (Lipinski definition) is 3. The summed E-state index contributed by atoms with van der Waals surface area (Å²) in [5.74, 6) is 1.67. The van der Waals surface area contributed by atoms with E-state index in [4.69, 9.17) is 4.74 Å². The fourth-order valence-electron chi connectivity index (χ4n) is 10.1. The maximum atomic E-state index is 7.09. The van der Waals surface area contributed by atoms with Gasteiger partial charge in [0, 0.05) is 56.9 Å². The molecule has 3 nitrogen and oxygen atoms in total. The lowest BCUT2D eigenvalue weighted by Gasteiger charge is -2.30. The molecule has 0 saturated heterocycles. The van der Waals surface area contributed by atoms with Crippen LogP contribution in [-0.2, 0) is 5.41 Å². The summed E-state index contributed by atoms with van der Waals surface area (Å²) < 4.78 is 7.09. The summed E-state index contributed by atoms with van der Waals surface area (Å²) in [5, 5.41) is 2.25. The fraction of sp³-hybridized carbons (Fsp3) is 0.0492. The van der Waals surface area contributed by atoms with Crippen molar-refractivity contribution in [3.05, 3.63) is 242 Å². The lowest BCUT2D eigenvalue weighted by molar-refractivity contribution is 0.487. The Kier molecular flexibility index (Phi) is 8.84. The van der Waals surface area contributed by atoms with Gasteiger partial charge < -0.3 is 14.5 Å². The Bertz CT molecular complexity index is 3320. The molecule has 0 N–H and O–H groups in total. The van der Waals surface area contributed by atoms with E-state index in [1.54, 1.807) is 0 Å². The first-order valence-corrected chi connectivity index (χ1v) is 22.1. The van der Waals surface area contributed by atoms with Crippen molar-refractivity contribution < 1.29 is 4.74 Å². The molecule has 0 aromatic heterocycles. The van der Waals surface area contributed by atoms with Gasteiger partial charge in [-0.25, -0.2) is 0 Å². The molecule has 0 atom stereocenters. The van der Waals surface area contributed by atoms with Gasteiger partial charge in [0.2, 0.25) is 0 Å². The fourth-order valence-corrected chi connectivity index (χ4v) is 10.1. The van der Waals surface area contributed by atoms with Gasteiger partial charge in [0.15, 0.2) is 0 Å². The Hall–Kier alpha value is -8.14. The molecule has 0 unspecified atom stereocenters. The molecule has 3 heteroatoms. The van der Waals surface area contributed by atoms with Gasteiger partial charge in [-0.05, 0) is 122 Å². The number of nitrogens with zero attached hydrogens (tertiary/aromatic N) is 2. The molecule has 1 aliphatic heterocycles. The quantitative estimate of drug-likeness (QED) is 0.152. The third kappa shape index (κ3) is 6.28. The number of benzene rings is 10. The van der Waals surface area contributed by atoms with Crippen molar-refractivity contribution in [3.8, 4) is 56.0 Å². The normalized spacial score (nSPS) is 12.8. The second-order valence-electron chi connectivity index (χ2n) is 17.4. The molecule has 0 fully saturated rings. The van der Waals surface area contributed by atoms with E-state index >= 15 is 0 Å². The minimum absolute atomic E-state index is 0.147. The van der Waals surface area contributed by atoms with Crippen molar-refractivity contribution in [3.63, 3.8) is 0 Å². The van der Waals surface area contributed by atoms with Crippen LogP contribution in [0.5, 0.6) is 11.5 Å². The van der Waals surface area contributed by atoms with E-state index in [2.05, 4.69) is 254 Å². The van der Waals surface area contributed by atoms with Gasteiger partial charge in [0.25, 0.3) is 0 Å². The molecule has 0 spiro atoms. The number of hydrogen-bond donors (Lipinski definition) is 0. The van der Waals surface area contributed by atoms with Gasteiger partial charge in [0.05, 0.1) is 5.69 Å². The van der Waals surface area contributed by atoms with Crippen LogP contribution in [-0.4, -0.2) is 0 Å². The average molecular weight is 821 g/mol. The monoisotopic (exact) mass is 820 g/mol. The summed E-state index contributed by atoms with van der Waals surface area (Å²) in [6.45, 7) is 4.70. The predicted octanol–water partition coefficient (Wildman–Crippen LogP) is 17.2. The van der Waals surface area contributed by atoms with Crippen molar-refractivity contribution in [1.82, 2.24) is 0 Å². The molecule has 0 radical (unpaired) electrons. The second kappa shape index (κ2) is 15.0. The van der Waals surface area contributed by atoms with Crippen molar-refractivity contribution in [2.45, 2.75) is 19.3 Å². The Balaban J connectivity index is 0.977. The third-order valence-electron chi connectivity index (χ3n) is 13.2. The molecule has 10 aromatic carbocycles. The molecule has 2 aliphatic rings. The number of fused-ring (bicyclic) bond motifs is 5. The molecule has 1 heterocycles. The molecule has 10 aromatic rings. The zero-order chi connectivity index (χ0) is 42.8. The van der Waals surface area contributed by atoms with E-state index in [1.807, 2.05) is 0 Å². The van der Waals surface area contributed by atoms with Crippen molar-refractivity contribution in [2.24, 2.45) is 0 Å². The van der Waals surface area contributed by atoms with E-state index in [0.717, 1.165) is 62.0 Å². The minimum atomic E-state index is -0.147. The van der Waals surface area contributed by atoms with Crippen LogP contribution in [0.1, 0.15) is 25.0 Å². The third-order valence-corrected chi connectivity index (χ3v) is 13.2. The van der Waals surface area contributed by atoms with Crippen LogP contribution in [0.3, 0.4) is 0 Å². The van der Waals surface area contributed by atoms with Gasteiger partial charge in [-0.3, -0.25) is 0 Å². The van der Waals surface area contributed by atoms with Gasteiger partial charge in [0.1, 0.15) is 11.5 Å². The van der Waals surface area contributed by atoms with Crippen LogP contribution in [0.15, 0.2) is 231 Å². The van der Waals surface area contributed by atoms with Crippen molar-refractivity contribution >= 4 is 44.9 Å². The largest absolute Gasteiger partial charge is 0.456 e. The topological polar surface area (TPSA) is 15.7 Å². The average Bonchev–Trinajstić information content (AvgIpc) is 3.58. The van der Waals surface area contributed by atoms with E-state index in [0.29, 0.717) is 0 Å². The maximum Gasteiger partial charge on any atom is 0.138 e. The molecule has 1 aliphatic carbocycles. The van der Waals surface area contributed by atoms with Gasteiger partial charge >= 0.3 is 0 Å². The molecule has 64 heavy (non-hydrogen) atoms. The highest BCUT2D eigenvalue weighted by Gasteiger charge is 2.36.